The molecule has 19 heavy (non-hydrogen) atoms. The van der Waals surface area contributed by atoms with E-state index < -0.39 is 11.7 Å². The van der Waals surface area contributed by atoms with Gasteiger partial charge in [-0.1, -0.05) is 11.6 Å². The number of alkyl halides is 3. The number of aromatic nitrogens is 1. The summed E-state index contributed by atoms with van der Waals surface area (Å²) < 4.78 is 37.8. The highest BCUT2D eigenvalue weighted by molar-refractivity contribution is 6.29. The molecule has 3 nitrogen and oxygen atoms in total. The van der Waals surface area contributed by atoms with Crippen molar-refractivity contribution in [2.75, 3.05) is 31.5 Å². The van der Waals surface area contributed by atoms with Crippen molar-refractivity contribution in [1.82, 2.24) is 9.88 Å². The Labute approximate surface area is 114 Å². The number of nitrogens with zero attached hydrogens (tertiary/aromatic N) is 2. The quantitative estimate of drug-likeness (QED) is 0.864. The third-order valence-electron chi connectivity index (χ3n) is 3.05. The summed E-state index contributed by atoms with van der Waals surface area (Å²) in [6.45, 7) is 3.47. The fourth-order valence-electron chi connectivity index (χ4n) is 2.10. The van der Waals surface area contributed by atoms with Gasteiger partial charge in [-0.3, -0.25) is 0 Å². The highest BCUT2D eigenvalue weighted by Gasteiger charge is 2.31. The first-order valence-corrected chi connectivity index (χ1v) is 6.54. The monoisotopic (exact) mass is 293 g/mol. The Hall–Kier alpha value is -1.01. The van der Waals surface area contributed by atoms with Crippen molar-refractivity contribution in [2.45, 2.75) is 19.0 Å². The average molecular weight is 294 g/mol. The molecule has 0 radical (unpaired) electrons. The normalized spacial score (nSPS) is 16.8. The second kappa shape index (κ2) is 5.96. The van der Waals surface area contributed by atoms with Gasteiger partial charge in [-0.25, -0.2) is 4.98 Å². The molecule has 1 fully saturated rings. The van der Waals surface area contributed by atoms with Gasteiger partial charge in [0.1, 0.15) is 11.0 Å². The maximum atomic E-state index is 12.6. The van der Waals surface area contributed by atoms with Crippen molar-refractivity contribution in [3.05, 3.63) is 22.8 Å². The lowest BCUT2D eigenvalue weighted by atomic mass is 10.2. The van der Waals surface area contributed by atoms with Crippen LogP contribution in [-0.2, 0) is 6.18 Å². The van der Waals surface area contributed by atoms with Gasteiger partial charge in [-0.05, 0) is 38.1 Å². The highest BCUT2D eigenvalue weighted by Crippen LogP contribution is 2.31. The van der Waals surface area contributed by atoms with Gasteiger partial charge in [0, 0.05) is 13.1 Å². The van der Waals surface area contributed by atoms with Gasteiger partial charge < -0.3 is 10.2 Å². The summed E-state index contributed by atoms with van der Waals surface area (Å²) in [6, 6.07) is 1.81. The van der Waals surface area contributed by atoms with E-state index in [9.17, 15) is 13.2 Å². The molecule has 0 aromatic carbocycles. The fourth-order valence-corrected chi connectivity index (χ4v) is 2.31. The first-order valence-electron chi connectivity index (χ1n) is 6.16. The van der Waals surface area contributed by atoms with Crippen molar-refractivity contribution in [3.8, 4) is 0 Å². The molecule has 0 atom stereocenters. The molecule has 0 bridgehead atoms. The van der Waals surface area contributed by atoms with E-state index in [-0.39, 0.29) is 11.0 Å². The van der Waals surface area contributed by atoms with Crippen LogP contribution >= 0.6 is 11.6 Å². The molecule has 106 valence electrons. The zero-order chi connectivity index (χ0) is 13.9. The van der Waals surface area contributed by atoms with Crippen LogP contribution in [-0.4, -0.2) is 36.1 Å². The van der Waals surface area contributed by atoms with Gasteiger partial charge in [0.25, 0.3) is 0 Å². The molecule has 0 aliphatic carbocycles. The topological polar surface area (TPSA) is 28.2 Å². The lowest BCUT2D eigenvalue weighted by Crippen LogP contribution is -2.26. The van der Waals surface area contributed by atoms with E-state index in [0.717, 1.165) is 31.8 Å². The Balaban J connectivity index is 1.94. The number of nitrogens with one attached hydrogen (secondary N) is 1. The summed E-state index contributed by atoms with van der Waals surface area (Å²) >= 11 is 5.60. The standard InChI is InChI=1S/C12H15ClF3N3/c13-10-7-9(12(14,15)16)8-11(18-10)17-3-6-19-4-1-2-5-19/h7-8H,1-6H2,(H,17,18). The summed E-state index contributed by atoms with van der Waals surface area (Å²) in [6.07, 6.45) is -2.03. The summed E-state index contributed by atoms with van der Waals surface area (Å²) in [4.78, 5) is 6.11. The predicted molar refractivity (Wildman–Crippen MR) is 68.4 cm³/mol. The van der Waals surface area contributed by atoms with E-state index >= 15 is 0 Å². The minimum Gasteiger partial charge on any atom is -0.369 e. The molecular formula is C12H15ClF3N3. The first-order chi connectivity index (χ1) is 8.95. The first kappa shape index (κ1) is 14.4. The second-order valence-corrected chi connectivity index (χ2v) is 4.92. The molecular weight excluding hydrogens is 279 g/mol. The average Bonchev–Trinajstić information content (AvgIpc) is 2.80. The predicted octanol–water partition coefficient (Wildman–Crippen LogP) is 3.26. The van der Waals surface area contributed by atoms with Gasteiger partial charge >= 0.3 is 6.18 Å². The summed E-state index contributed by atoms with van der Waals surface area (Å²) in [5, 5.41) is 2.73. The number of pyridine rings is 1. The van der Waals surface area contributed by atoms with Crippen LogP contribution in [0.3, 0.4) is 0 Å². The molecule has 0 unspecified atom stereocenters. The Morgan fingerprint density at radius 3 is 2.58 bits per heavy atom. The lowest BCUT2D eigenvalue weighted by molar-refractivity contribution is -0.137. The van der Waals surface area contributed by atoms with Gasteiger partial charge in [0.05, 0.1) is 5.56 Å². The number of halogens is 4. The van der Waals surface area contributed by atoms with Crippen LogP contribution < -0.4 is 5.32 Å². The number of hydrogen-bond acceptors (Lipinski definition) is 3. The summed E-state index contributed by atoms with van der Waals surface area (Å²) in [7, 11) is 0. The van der Waals surface area contributed by atoms with Crippen LogP contribution in [0.1, 0.15) is 18.4 Å². The Morgan fingerprint density at radius 1 is 1.26 bits per heavy atom. The Bertz CT molecular complexity index is 431. The summed E-state index contributed by atoms with van der Waals surface area (Å²) in [5.41, 5.74) is -0.781. The van der Waals surface area contributed by atoms with Crippen LogP contribution in [0.5, 0.6) is 0 Å². The Morgan fingerprint density at radius 2 is 1.95 bits per heavy atom. The van der Waals surface area contributed by atoms with Crippen LogP contribution in [0.2, 0.25) is 5.15 Å². The van der Waals surface area contributed by atoms with Crippen molar-refractivity contribution in [1.29, 1.82) is 0 Å². The highest BCUT2D eigenvalue weighted by atomic mass is 35.5. The van der Waals surface area contributed by atoms with Crippen molar-refractivity contribution >= 4 is 17.4 Å². The van der Waals surface area contributed by atoms with E-state index in [1.54, 1.807) is 0 Å². The molecule has 0 amide bonds. The SMILES string of the molecule is FC(F)(F)c1cc(Cl)nc(NCCN2CCCC2)c1. The number of anilines is 1. The van der Waals surface area contributed by atoms with Crippen LogP contribution in [0.25, 0.3) is 0 Å². The zero-order valence-electron chi connectivity index (χ0n) is 10.3. The van der Waals surface area contributed by atoms with Crippen molar-refractivity contribution < 1.29 is 13.2 Å². The fraction of sp³-hybridized carbons (Fsp3) is 0.583. The van der Waals surface area contributed by atoms with E-state index in [2.05, 4.69) is 15.2 Å². The van der Waals surface area contributed by atoms with Crippen molar-refractivity contribution in [3.63, 3.8) is 0 Å². The lowest BCUT2D eigenvalue weighted by Gasteiger charge is -2.15. The molecule has 0 saturated carbocycles. The van der Waals surface area contributed by atoms with E-state index in [1.807, 2.05) is 0 Å². The minimum atomic E-state index is -4.40. The molecule has 1 aromatic rings. The molecule has 2 heterocycles. The number of likely N-dealkylation sites (tertiary alicyclic amines) is 1. The third kappa shape index (κ3) is 4.24. The van der Waals surface area contributed by atoms with E-state index in [0.29, 0.717) is 6.54 Å². The molecule has 7 heteroatoms. The smallest absolute Gasteiger partial charge is 0.369 e. The van der Waals surface area contributed by atoms with E-state index in [1.165, 1.54) is 12.8 Å². The van der Waals surface area contributed by atoms with Gasteiger partial charge in [-0.2, -0.15) is 13.2 Å². The van der Waals surface area contributed by atoms with Gasteiger partial charge in [0.15, 0.2) is 0 Å². The van der Waals surface area contributed by atoms with E-state index in [4.69, 9.17) is 11.6 Å². The molecule has 0 spiro atoms. The maximum absolute atomic E-state index is 12.6. The minimum absolute atomic E-state index is 0.154. The molecule has 1 aromatic heterocycles. The van der Waals surface area contributed by atoms with Gasteiger partial charge in [0.2, 0.25) is 0 Å². The molecule has 1 saturated heterocycles. The Kier molecular flexibility index (Phi) is 4.52. The van der Waals surface area contributed by atoms with Crippen LogP contribution in [0.4, 0.5) is 19.0 Å². The molecule has 1 aliphatic heterocycles. The third-order valence-corrected chi connectivity index (χ3v) is 3.25. The maximum Gasteiger partial charge on any atom is 0.416 e. The largest absolute Gasteiger partial charge is 0.416 e. The molecule has 1 N–H and O–H groups in total. The van der Waals surface area contributed by atoms with Crippen LogP contribution in [0, 0.1) is 0 Å². The zero-order valence-corrected chi connectivity index (χ0v) is 11.1. The van der Waals surface area contributed by atoms with Gasteiger partial charge in [-0.15, -0.1) is 0 Å². The number of rotatable bonds is 4. The molecule has 2 rings (SSSR count). The molecule has 1 aliphatic rings. The second-order valence-electron chi connectivity index (χ2n) is 4.54. The van der Waals surface area contributed by atoms with Crippen molar-refractivity contribution in [2.24, 2.45) is 0 Å². The van der Waals surface area contributed by atoms with Crippen LogP contribution in [0.15, 0.2) is 12.1 Å². The number of hydrogen-bond donors (Lipinski definition) is 1. The summed E-state index contributed by atoms with van der Waals surface area (Å²) in [5.74, 6) is 0.166.